The summed E-state index contributed by atoms with van der Waals surface area (Å²) in [7, 11) is 0. The van der Waals surface area contributed by atoms with E-state index in [4.69, 9.17) is 4.74 Å². The Balaban J connectivity index is 1.85. The van der Waals surface area contributed by atoms with Crippen LogP contribution in [0.1, 0.15) is 12.5 Å². The first-order valence-corrected chi connectivity index (χ1v) is 6.55. The monoisotopic (exact) mass is 279 g/mol. The maximum absolute atomic E-state index is 11.8. The van der Waals surface area contributed by atoms with E-state index in [-0.39, 0.29) is 11.8 Å². The Morgan fingerprint density at radius 1 is 0.810 bits per heavy atom. The van der Waals surface area contributed by atoms with Gasteiger partial charge in [0.15, 0.2) is 0 Å². The van der Waals surface area contributed by atoms with Gasteiger partial charge >= 0.3 is 0 Å². The summed E-state index contributed by atoms with van der Waals surface area (Å²) in [4.78, 5) is 23.2. The van der Waals surface area contributed by atoms with Gasteiger partial charge < -0.3 is 4.74 Å². The molecule has 104 valence electrons. The van der Waals surface area contributed by atoms with Crippen molar-refractivity contribution in [3.63, 3.8) is 0 Å². The van der Waals surface area contributed by atoms with Gasteiger partial charge in [-0.2, -0.15) is 0 Å². The first kappa shape index (κ1) is 13.1. The Morgan fingerprint density at radius 2 is 1.43 bits per heavy atom. The highest BCUT2D eigenvalue weighted by Crippen LogP contribution is 2.27. The summed E-state index contributed by atoms with van der Waals surface area (Å²) in [6.45, 7) is 1.64. The molecule has 0 unspecified atom stereocenters. The second-order valence-electron chi connectivity index (χ2n) is 4.72. The van der Waals surface area contributed by atoms with Crippen LogP contribution >= 0.6 is 0 Å². The average molecular weight is 279 g/mol. The Bertz CT molecular complexity index is 730. The van der Waals surface area contributed by atoms with Gasteiger partial charge in [-0.3, -0.25) is 14.9 Å². The van der Waals surface area contributed by atoms with Gasteiger partial charge in [-0.25, -0.2) is 0 Å². The lowest BCUT2D eigenvalue weighted by Crippen LogP contribution is -2.22. The molecule has 2 aromatic carbocycles. The summed E-state index contributed by atoms with van der Waals surface area (Å²) >= 11 is 0. The van der Waals surface area contributed by atoms with Crippen LogP contribution in [0.5, 0.6) is 11.5 Å². The number of carbonyl (C=O) groups is 2. The Hall–Kier alpha value is -2.88. The number of rotatable bonds is 3. The van der Waals surface area contributed by atoms with Crippen molar-refractivity contribution in [1.82, 2.24) is 5.32 Å². The van der Waals surface area contributed by atoms with Gasteiger partial charge in [0.2, 0.25) is 0 Å². The minimum absolute atomic E-state index is 0.334. The first-order chi connectivity index (χ1) is 10.1. The zero-order chi connectivity index (χ0) is 14.8. The molecule has 1 aliphatic heterocycles. The van der Waals surface area contributed by atoms with Crippen LogP contribution in [0.4, 0.5) is 0 Å². The van der Waals surface area contributed by atoms with Crippen LogP contribution in [-0.2, 0) is 9.59 Å². The van der Waals surface area contributed by atoms with Crippen LogP contribution in [0.15, 0.2) is 60.2 Å². The van der Waals surface area contributed by atoms with Gasteiger partial charge in [-0.15, -0.1) is 0 Å². The minimum atomic E-state index is -0.353. The second kappa shape index (κ2) is 5.25. The van der Waals surface area contributed by atoms with Gasteiger partial charge in [0.25, 0.3) is 11.8 Å². The van der Waals surface area contributed by atoms with E-state index in [1.165, 1.54) is 0 Å². The van der Waals surface area contributed by atoms with E-state index in [0.29, 0.717) is 22.5 Å². The molecule has 0 atom stereocenters. The number of para-hydroxylation sites is 1. The van der Waals surface area contributed by atoms with Crippen molar-refractivity contribution in [3.8, 4) is 11.5 Å². The highest BCUT2D eigenvalue weighted by atomic mass is 16.5. The van der Waals surface area contributed by atoms with Crippen LogP contribution in [-0.4, -0.2) is 11.8 Å². The van der Waals surface area contributed by atoms with Gasteiger partial charge in [0, 0.05) is 5.57 Å². The Kier molecular flexibility index (Phi) is 3.28. The molecule has 0 aromatic heterocycles. The van der Waals surface area contributed by atoms with Crippen molar-refractivity contribution >= 4 is 17.4 Å². The maximum Gasteiger partial charge on any atom is 0.259 e. The number of hydrogen-bond donors (Lipinski definition) is 1. The summed E-state index contributed by atoms with van der Waals surface area (Å²) in [6.07, 6.45) is 0. The molecule has 1 heterocycles. The van der Waals surface area contributed by atoms with E-state index in [2.05, 4.69) is 5.32 Å². The van der Waals surface area contributed by atoms with Crippen LogP contribution in [0, 0.1) is 0 Å². The van der Waals surface area contributed by atoms with Crippen LogP contribution in [0.3, 0.4) is 0 Å². The van der Waals surface area contributed by atoms with E-state index in [1.54, 1.807) is 31.2 Å². The van der Waals surface area contributed by atoms with Crippen molar-refractivity contribution in [2.45, 2.75) is 6.92 Å². The van der Waals surface area contributed by atoms with Crippen molar-refractivity contribution in [3.05, 3.63) is 65.7 Å². The third kappa shape index (κ3) is 2.56. The van der Waals surface area contributed by atoms with Crippen LogP contribution < -0.4 is 10.1 Å². The molecule has 0 radical (unpaired) electrons. The summed E-state index contributed by atoms with van der Waals surface area (Å²) in [6, 6.07) is 16.5. The molecule has 4 heteroatoms. The normalized spacial score (nSPS) is 14.3. The predicted molar refractivity (Wildman–Crippen MR) is 78.7 cm³/mol. The van der Waals surface area contributed by atoms with Crippen molar-refractivity contribution < 1.29 is 14.3 Å². The number of imide groups is 1. The highest BCUT2D eigenvalue weighted by Gasteiger charge is 2.27. The summed E-state index contributed by atoms with van der Waals surface area (Å²) in [5.74, 6) is 0.733. The third-order valence-electron chi connectivity index (χ3n) is 3.29. The van der Waals surface area contributed by atoms with E-state index in [1.807, 2.05) is 30.3 Å². The SMILES string of the molecule is CC1=C(c2ccc(Oc3ccccc3)cc2)C(=O)NC1=O. The molecule has 0 bridgehead atoms. The molecule has 0 fully saturated rings. The van der Waals surface area contributed by atoms with Gasteiger partial charge in [-0.05, 0) is 36.8 Å². The van der Waals surface area contributed by atoms with Gasteiger partial charge in [0.05, 0.1) is 5.57 Å². The molecule has 2 amide bonds. The number of carbonyl (C=O) groups excluding carboxylic acids is 2. The second-order valence-corrected chi connectivity index (χ2v) is 4.72. The zero-order valence-electron chi connectivity index (χ0n) is 11.4. The Labute approximate surface area is 122 Å². The number of hydrogen-bond acceptors (Lipinski definition) is 3. The fourth-order valence-electron chi connectivity index (χ4n) is 2.21. The molecule has 4 nitrogen and oxygen atoms in total. The lowest BCUT2D eigenvalue weighted by molar-refractivity contribution is -0.123. The van der Waals surface area contributed by atoms with E-state index >= 15 is 0 Å². The quantitative estimate of drug-likeness (QED) is 0.879. The number of benzene rings is 2. The number of ether oxygens (including phenoxy) is 1. The third-order valence-corrected chi connectivity index (χ3v) is 3.29. The lowest BCUT2D eigenvalue weighted by Gasteiger charge is -2.07. The molecule has 0 spiro atoms. The van der Waals surface area contributed by atoms with E-state index in [0.717, 1.165) is 5.75 Å². The fraction of sp³-hybridized carbons (Fsp3) is 0.0588. The largest absolute Gasteiger partial charge is 0.457 e. The molecule has 3 rings (SSSR count). The molecule has 2 aromatic rings. The minimum Gasteiger partial charge on any atom is -0.457 e. The van der Waals surface area contributed by atoms with Crippen LogP contribution in [0.25, 0.3) is 5.57 Å². The highest BCUT2D eigenvalue weighted by molar-refractivity contribution is 6.35. The van der Waals surface area contributed by atoms with Gasteiger partial charge in [0.1, 0.15) is 11.5 Å². The summed E-state index contributed by atoms with van der Waals surface area (Å²) in [5.41, 5.74) is 1.57. The van der Waals surface area contributed by atoms with E-state index < -0.39 is 0 Å². The molecule has 0 saturated carbocycles. The first-order valence-electron chi connectivity index (χ1n) is 6.55. The average Bonchev–Trinajstić information content (AvgIpc) is 2.74. The van der Waals surface area contributed by atoms with Gasteiger partial charge in [-0.1, -0.05) is 30.3 Å². The Morgan fingerprint density at radius 3 is 2.00 bits per heavy atom. The van der Waals surface area contributed by atoms with Crippen molar-refractivity contribution in [1.29, 1.82) is 0 Å². The maximum atomic E-state index is 11.8. The molecule has 0 saturated heterocycles. The summed E-state index contributed by atoms with van der Waals surface area (Å²) < 4.78 is 5.69. The van der Waals surface area contributed by atoms with Crippen molar-refractivity contribution in [2.24, 2.45) is 0 Å². The molecular weight excluding hydrogens is 266 g/mol. The summed E-state index contributed by atoms with van der Waals surface area (Å²) in [5, 5.41) is 2.29. The van der Waals surface area contributed by atoms with Crippen molar-refractivity contribution in [2.75, 3.05) is 0 Å². The number of amides is 2. The number of nitrogens with one attached hydrogen (secondary N) is 1. The topological polar surface area (TPSA) is 55.4 Å². The fourth-order valence-corrected chi connectivity index (χ4v) is 2.21. The molecule has 0 aliphatic carbocycles. The molecule has 21 heavy (non-hydrogen) atoms. The predicted octanol–water partition coefficient (Wildman–Crippen LogP) is 2.91. The standard InChI is InChI=1S/C17H13NO3/c1-11-15(17(20)18-16(11)19)12-7-9-14(10-8-12)21-13-5-3-2-4-6-13/h2-10H,1H3,(H,18,19,20). The lowest BCUT2D eigenvalue weighted by atomic mass is 10.0. The molecule has 1 aliphatic rings. The molecular formula is C17H13NO3. The molecule has 1 N–H and O–H groups in total. The zero-order valence-corrected chi connectivity index (χ0v) is 11.4. The van der Waals surface area contributed by atoms with E-state index in [9.17, 15) is 9.59 Å². The smallest absolute Gasteiger partial charge is 0.259 e. The van der Waals surface area contributed by atoms with Crippen LogP contribution in [0.2, 0.25) is 0 Å².